The van der Waals surface area contributed by atoms with Gasteiger partial charge in [-0.2, -0.15) is 13.2 Å². The topological polar surface area (TPSA) is 50.8 Å². The van der Waals surface area contributed by atoms with Gasteiger partial charge in [0.15, 0.2) is 0 Å². The van der Waals surface area contributed by atoms with Crippen molar-refractivity contribution in [1.29, 1.82) is 0 Å². The Bertz CT molecular complexity index is 929. The van der Waals surface area contributed by atoms with Crippen LogP contribution >= 0.6 is 0 Å². The van der Waals surface area contributed by atoms with E-state index in [1.165, 1.54) is 12.1 Å². The van der Waals surface area contributed by atoms with E-state index in [0.717, 1.165) is 23.4 Å². The highest BCUT2D eigenvalue weighted by Crippen LogP contribution is 2.42. The number of hydrogen-bond donors (Lipinski definition) is 1. The number of nitrogens with zero attached hydrogens (tertiary/aromatic N) is 1. The summed E-state index contributed by atoms with van der Waals surface area (Å²) in [6, 6.07) is 11.1. The van der Waals surface area contributed by atoms with Crippen LogP contribution in [0.2, 0.25) is 0 Å². The molecule has 8 heteroatoms. The zero-order valence-electron chi connectivity index (χ0n) is 17.2. The summed E-state index contributed by atoms with van der Waals surface area (Å²) in [6.45, 7) is 3.99. The molecule has 0 aromatic heterocycles. The Morgan fingerprint density at radius 3 is 2.81 bits per heavy atom. The Kier molecular flexibility index (Phi) is 7.57. The van der Waals surface area contributed by atoms with E-state index in [4.69, 9.17) is 9.47 Å². The highest BCUT2D eigenvalue weighted by molar-refractivity contribution is 5.81. The monoisotopic (exact) mass is 434 g/mol. The molecule has 0 unspecified atom stereocenters. The molecule has 0 atom stereocenters. The minimum absolute atomic E-state index is 0.294. The van der Waals surface area contributed by atoms with Crippen molar-refractivity contribution in [3.63, 3.8) is 0 Å². The Morgan fingerprint density at radius 2 is 2.03 bits per heavy atom. The lowest BCUT2D eigenvalue weighted by atomic mass is 10.1. The number of halogens is 3. The highest BCUT2D eigenvalue weighted by atomic mass is 19.4. The summed E-state index contributed by atoms with van der Waals surface area (Å²) in [4.78, 5) is 13.1. The maximum Gasteiger partial charge on any atom is 0.416 e. The van der Waals surface area contributed by atoms with Gasteiger partial charge < -0.3 is 19.7 Å². The van der Waals surface area contributed by atoms with Gasteiger partial charge in [0.2, 0.25) is 0 Å². The summed E-state index contributed by atoms with van der Waals surface area (Å²) in [5.74, 6) is 0.0390. The Morgan fingerprint density at radius 1 is 1.23 bits per heavy atom. The molecule has 1 heterocycles. The van der Waals surface area contributed by atoms with E-state index in [0.29, 0.717) is 50.7 Å². The largest absolute Gasteiger partial charge is 0.487 e. The average Bonchev–Trinajstić information content (AvgIpc) is 2.89. The molecule has 0 aliphatic carbocycles. The predicted molar refractivity (Wildman–Crippen MR) is 112 cm³/mol. The first kappa shape index (κ1) is 22.7. The van der Waals surface area contributed by atoms with Gasteiger partial charge in [-0.05, 0) is 44.2 Å². The SMILES string of the molecule is CCOC(=O)/C=C/CNCCCN1c2ccccc2COc2ccc(C(F)(F)F)cc21. The molecule has 3 rings (SSSR count). The summed E-state index contributed by atoms with van der Waals surface area (Å²) >= 11 is 0. The highest BCUT2D eigenvalue weighted by Gasteiger charge is 2.33. The summed E-state index contributed by atoms with van der Waals surface area (Å²) in [5, 5.41) is 3.19. The summed E-state index contributed by atoms with van der Waals surface area (Å²) in [6.07, 6.45) is -0.706. The molecule has 2 aromatic rings. The quantitative estimate of drug-likeness (QED) is 0.366. The van der Waals surface area contributed by atoms with Crippen LogP contribution in [0.4, 0.5) is 24.5 Å². The molecule has 0 spiro atoms. The van der Waals surface area contributed by atoms with Crippen molar-refractivity contribution >= 4 is 17.3 Å². The molecule has 31 heavy (non-hydrogen) atoms. The Hall–Kier alpha value is -3.00. The van der Waals surface area contributed by atoms with Gasteiger partial charge in [0.05, 0.1) is 17.9 Å². The predicted octanol–water partition coefficient (Wildman–Crippen LogP) is 4.83. The fraction of sp³-hybridized carbons (Fsp3) is 0.348. The van der Waals surface area contributed by atoms with Crippen molar-refractivity contribution in [3.8, 4) is 5.75 Å². The van der Waals surface area contributed by atoms with E-state index in [2.05, 4.69) is 5.32 Å². The molecular weight excluding hydrogens is 409 g/mol. The number of carbonyl (C=O) groups is 1. The summed E-state index contributed by atoms with van der Waals surface area (Å²) in [5.41, 5.74) is 1.45. The van der Waals surface area contributed by atoms with Gasteiger partial charge in [0, 0.05) is 30.4 Å². The lowest BCUT2D eigenvalue weighted by Crippen LogP contribution is -2.24. The van der Waals surface area contributed by atoms with Crippen LogP contribution < -0.4 is 15.0 Å². The number of fused-ring (bicyclic) bond motifs is 2. The molecule has 0 amide bonds. The first-order valence-corrected chi connectivity index (χ1v) is 10.1. The third kappa shape index (κ3) is 6.01. The van der Waals surface area contributed by atoms with Gasteiger partial charge in [-0.1, -0.05) is 24.3 Å². The summed E-state index contributed by atoms with van der Waals surface area (Å²) < 4.78 is 50.5. The first-order valence-electron chi connectivity index (χ1n) is 10.1. The van der Waals surface area contributed by atoms with Crippen LogP contribution in [0.15, 0.2) is 54.6 Å². The van der Waals surface area contributed by atoms with Crippen LogP contribution in [-0.2, 0) is 22.3 Å². The first-order chi connectivity index (χ1) is 14.9. The van der Waals surface area contributed by atoms with Gasteiger partial charge in [-0.3, -0.25) is 0 Å². The fourth-order valence-corrected chi connectivity index (χ4v) is 3.34. The molecule has 2 aromatic carbocycles. The lowest BCUT2D eigenvalue weighted by Gasteiger charge is -2.26. The number of para-hydroxylation sites is 1. The van der Waals surface area contributed by atoms with E-state index < -0.39 is 11.7 Å². The molecule has 1 aliphatic heterocycles. The van der Waals surface area contributed by atoms with Gasteiger partial charge in [0.1, 0.15) is 12.4 Å². The Labute approximate surface area is 179 Å². The number of hydrogen-bond acceptors (Lipinski definition) is 5. The summed E-state index contributed by atoms with van der Waals surface area (Å²) in [7, 11) is 0. The second-order valence-corrected chi connectivity index (χ2v) is 6.96. The van der Waals surface area contributed by atoms with Crippen molar-refractivity contribution in [3.05, 3.63) is 65.7 Å². The number of esters is 1. The second kappa shape index (κ2) is 10.3. The molecule has 5 nitrogen and oxygen atoms in total. The van der Waals surface area contributed by atoms with Crippen LogP contribution in [0.5, 0.6) is 5.75 Å². The van der Waals surface area contributed by atoms with Crippen molar-refractivity contribution in [1.82, 2.24) is 5.32 Å². The van der Waals surface area contributed by atoms with Crippen LogP contribution in [0.1, 0.15) is 24.5 Å². The number of benzene rings is 2. The van der Waals surface area contributed by atoms with Gasteiger partial charge in [-0.25, -0.2) is 4.79 Å². The minimum Gasteiger partial charge on any atom is -0.487 e. The number of nitrogens with one attached hydrogen (secondary N) is 1. The molecule has 1 aliphatic rings. The van der Waals surface area contributed by atoms with Gasteiger partial charge in [-0.15, -0.1) is 0 Å². The van der Waals surface area contributed by atoms with Crippen LogP contribution in [0, 0.1) is 0 Å². The van der Waals surface area contributed by atoms with E-state index in [1.54, 1.807) is 13.0 Å². The molecule has 166 valence electrons. The fourth-order valence-electron chi connectivity index (χ4n) is 3.34. The molecule has 0 bridgehead atoms. The number of rotatable bonds is 8. The molecule has 0 fully saturated rings. The smallest absolute Gasteiger partial charge is 0.416 e. The number of ether oxygens (including phenoxy) is 2. The van der Waals surface area contributed by atoms with Crippen molar-refractivity contribution in [2.24, 2.45) is 0 Å². The average molecular weight is 434 g/mol. The van der Waals surface area contributed by atoms with Gasteiger partial charge in [0.25, 0.3) is 0 Å². The van der Waals surface area contributed by atoms with E-state index in [9.17, 15) is 18.0 Å². The zero-order valence-corrected chi connectivity index (χ0v) is 17.2. The molecule has 0 saturated carbocycles. The molecule has 1 N–H and O–H groups in total. The Balaban J connectivity index is 1.71. The third-order valence-electron chi connectivity index (χ3n) is 4.78. The lowest BCUT2D eigenvalue weighted by molar-refractivity contribution is -0.138. The van der Waals surface area contributed by atoms with Crippen molar-refractivity contribution < 1.29 is 27.4 Å². The number of carbonyl (C=O) groups excluding carboxylic acids is 1. The normalized spacial score (nSPS) is 13.4. The molecule has 0 radical (unpaired) electrons. The molecule has 0 saturated heterocycles. The second-order valence-electron chi connectivity index (χ2n) is 6.96. The van der Waals surface area contributed by atoms with Crippen molar-refractivity contribution in [2.75, 3.05) is 31.1 Å². The minimum atomic E-state index is -4.43. The third-order valence-corrected chi connectivity index (χ3v) is 4.78. The molecular formula is C23H25F3N2O3. The maximum atomic E-state index is 13.3. The van der Waals surface area contributed by atoms with Crippen LogP contribution in [0.25, 0.3) is 0 Å². The number of anilines is 2. The number of alkyl halides is 3. The zero-order chi connectivity index (χ0) is 22.3. The van der Waals surface area contributed by atoms with Crippen LogP contribution in [-0.4, -0.2) is 32.2 Å². The van der Waals surface area contributed by atoms with Gasteiger partial charge >= 0.3 is 12.1 Å². The standard InChI is InChI=1S/C23H25F3N2O3/c1-2-30-22(29)9-5-12-27-13-6-14-28-19-8-4-3-7-17(19)16-31-21-11-10-18(15-20(21)28)23(24,25)26/h3-5,7-11,15,27H,2,6,12-14,16H2,1H3/b9-5+. The van der Waals surface area contributed by atoms with Crippen molar-refractivity contribution in [2.45, 2.75) is 26.1 Å². The van der Waals surface area contributed by atoms with E-state index in [-0.39, 0.29) is 5.97 Å². The van der Waals surface area contributed by atoms with E-state index in [1.807, 2.05) is 29.2 Å². The van der Waals surface area contributed by atoms with Crippen LogP contribution in [0.3, 0.4) is 0 Å². The maximum absolute atomic E-state index is 13.3. The van der Waals surface area contributed by atoms with E-state index >= 15 is 0 Å².